The van der Waals surface area contributed by atoms with Gasteiger partial charge in [0, 0.05) is 11.8 Å². The molecule has 0 aliphatic heterocycles. The minimum atomic E-state index is -4.50. The summed E-state index contributed by atoms with van der Waals surface area (Å²) in [6.45, 7) is 1.88. The number of anilines is 2. The average Bonchev–Trinajstić information content (AvgIpc) is 3.35. The molecule has 5 rings (SSSR count). The molecule has 5 aromatic rings. The van der Waals surface area contributed by atoms with Gasteiger partial charge >= 0.3 is 6.18 Å². The van der Waals surface area contributed by atoms with Crippen LogP contribution in [0.25, 0.3) is 22.1 Å². The first-order valence-corrected chi connectivity index (χ1v) is 10.4. The number of aromatic nitrogens is 4. The van der Waals surface area contributed by atoms with Gasteiger partial charge in [-0.1, -0.05) is 11.6 Å². The third-order valence-corrected chi connectivity index (χ3v) is 5.62. The normalized spacial score (nSPS) is 11.9. The SMILES string of the molecule is Cc1cc(Nc2nc3cc(C(F)(F)F)cc(Cl)c3[nH]2)ccc1Oc1ccc2nsnc2c1. The molecule has 0 aliphatic carbocycles. The van der Waals surface area contributed by atoms with Gasteiger partial charge in [-0.15, -0.1) is 0 Å². The minimum absolute atomic E-state index is 0.0532. The summed E-state index contributed by atoms with van der Waals surface area (Å²) in [6, 6.07) is 12.7. The number of benzene rings is 3. The van der Waals surface area contributed by atoms with Gasteiger partial charge in [-0.2, -0.15) is 21.9 Å². The number of rotatable bonds is 4. The Morgan fingerprint density at radius 1 is 1.00 bits per heavy atom. The number of aromatic amines is 1. The van der Waals surface area contributed by atoms with Gasteiger partial charge in [0.1, 0.15) is 22.5 Å². The third-order valence-electron chi connectivity index (χ3n) is 4.76. The smallest absolute Gasteiger partial charge is 0.416 e. The fourth-order valence-corrected chi connectivity index (χ4v) is 4.00. The maximum Gasteiger partial charge on any atom is 0.416 e. The van der Waals surface area contributed by atoms with Gasteiger partial charge < -0.3 is 15.0 Å². The third kappa shape index (κ3) is 3.94. The monoisotopic (exact) mass is 475 g/mol. The van der Waals surface area contributed by atoms with E-state index in [2.05, 4.69) is 24.0 Å². The van der Waals surface area contributed by atoms with Crippen molar-refractivity contribution in [3.05, 3.63) is 64.7 Å². The Balaban J connectivity index is 1.38. The van der Waals surface area contributed by atoms with Crippen LogP contribution < -0.4 is 10.1 Å². The molecule has 32 heavy (non-hydrogen) atoms. The Bertz CT molecular complexity index is 1460. The van der Waals surface area contributed by atoms with Crippen LogP contribution in [0, 0.1) is 6.92 Å². The topological polar surface area (TPSA) is 75.7 Å². The maximum absolute atomic E-state index is 13.0. The molecule has 2 heterocycles. The summed E-state index contributed by atoms with van der Waals surface area (Å²) in [5.41, 5.74) is 2.70. The van der Waals surface area contributed by atoms with Crippen molar-refractivity contribution >= 4 is 57.0 Å². The number of aryl methyl sites for hydroxylation is 1. The molecule has 0 saturated heterocycles. The van der Waals surface area contributed by atoms with Crippen molar-refractivity contribution in [2.45, 2.75) is 13.1 Å². The van der Waals surface area contributed by atoms with Crippen molar-refractivity contribution in [1.29, 1.82) is 0 Å². The van der Waals surface area contributed by atoms with E-state index < -0.39 is 11.7 Å². The number of ether oxygens (including phenoxy) is 1. The van der Waals surface area contributed by atoms with Gasteiger partial charge in [-0.3, -0.25) is 0 Å². The van der Waals surface area contributed by atoms with Crippen LogP contribution in [0.3, 0.4) is 0 Å². The largest absolute Gasteiger partial charge is 0.457 e. The van der Waals surface area contributed by atoms with Crippen molar-refractivity contribution in [3.8, 4) is 11.5 Å². The molecule has 2 N–H and O–H groups in total. The van der Waals surface area contributed by atoms with Gasteiger partial charge in [0.2, 0.25) is 5.95 Å². The highest BCUT2D eigenvalue weighted by molar-refractivity contribution is 7.00. The fraction of sp³-hybridized carbons (Fsp3) is 0.0952. The Morgan fingerprint density at radius 2 is 1.81 bits per heavy atom. The van der Waals surface area contributed by atoms with E-state index in [1.807, 2.05) is 31.2 Å². The lowest BCUT2D eigenvalue weighted by atomic mass is 10.2. The number of hydrogen-bond donors (Lipinski definition) is 2. The fourth-order valence-electron chi connectivity index (χ4n) is 3.22. The van der Waals surface area contributed by atoms with E-state index in [1.54, 1.807) is 12.1 Å². The molecule has 0 fully saturated rings. The van der Waals surface area contributed by atoms with Crippen LogP contribution >= 0.6 is 23.3 Å². The molecule has 0 spiro atoms. The van der Waals surface area contributed by atoms with Crippen LogP contribution in [-0.2, 0) is 6.18 Å². The molecule has 0 unspecified atom stereocenters. The van der Waals surface area contributed by atoms with E-state index in [4.69, 9.17) is 16.3 Å². The van der Waals surface area contributed by atoms with Gasteiger partial charge in [-0.25, -0.2) is 4.98 Å². The highest BCUT2D eigenvalue weighted by Crippen LogP contribution is 2.35. The number of fused-ring (bicyclic) bond motifs is 2. The van der Waals surface area contributed by atoms with Crippen LogP contribution in [0.1, 0.15) is 11.1 Å². The molecule has 6 nitrogen and oxygen atoms in total. The molecular formula is C21H13ClF3N5OS. The van der Waals surface area contributed by atoms with E-state index in [9.17, 15) is 13.2 Å². The van der Waals surface area contributed by atoms with E-state index in [0.717, 1.165) is 40.5 Å². The number of H-pyrrole nitrogens is 1. The summed E-state index contributed by atoms with van der Waals surface area (Å²) in [6.07, 6.45) is -4.50. The Kier molecular flexibility index (Phi) is 4.90. The lowest BCUT2D eigenvalue weighted by molar-refractivity contribution is -0.137. The second-order valence-electron chi connectivity index (χ2n) is 7.06. The van der Waals surface area contributed by atoms with Crippen molar-refractivity contribution in [3.63, 3.8) is 0 Å². The molecule has 2 aromatic heterocycles. The number of hydrogen-bond acceptors (Lipinski definition) is 6. The molecule has 0 amide bonds. The summed E-state index contributed by atoms with van der Waals surface area (Å²) in [5, 5.41) is 3.00. The van der Waals surface area contributed by atoms with Gasteiger partial charge in [0.15, 0.2) is 0 Å². The zero-order valence-electron chi connectivity index (χ0n) is 16.3. The summed E-state index contributed by atoms with van der Waals surface area (Å²) in [5.74, 6) is 1.57. The van der Waals surface area contributed by atoms with E-state index in [-0.39, 0.29) is 16.5 Å². The van der Waals surface area contributed by atoms with Gasteiger partial charge in [-0.05, 0) is 55.0 Å². The minimum Gasteiger partial charge on any atom is -0.457 e. The maximum atomic E-state index is 13.0. The Morgan fingerprint density at radius 3 is 2.59 bits per heavy atom. The standard InChI is InChI=1S/C21H13ClF3N5OS/c1-10-6-12(2-5-18(10)31-13-3-4-15-16(9-13)30-32-29-15)26-20-27-17-8-11(21(23,24)25)7-14(22)19(17)28-20/h2-9H,1H3,(H2,26,27,28). The molecule has 0 atom stereocenters. The summed E-state index contributed by atoms with van der Waals surface area (Å²) >= 11 is 7.15. The quantitative estimate of drug-likeness (QED) is 0.290. The van der Waals surface area contributed by atoms with E-state index >= 15 is 0 Å². The summed E-state index contributed by atoms with van der Waals surface area (Å²) in [7, 11) is 0. The van der Waals surface area contributed by atoms with Crippen molar-refractivity contribution in [2.75, 3.05) is 5.32 Å². The van der Waals surface area contributed by atoms with Crippen LogP contribution in [-0.4, -0.2) is 18.7 Å². The lowest BCUT2D eigenvalue weighted by Gasteiger charge is -2.11. The second kappa shape index (κ2) is 7.64. The Labute approximate surface area is 188 Å². The predicted octanol–water partition coefficient (Wildman–Crippen LogP) is 7.08. The highest BCUT2D eigenvalue weighted by Gasteiger charge is 2.31. The van der Waals surface area contributed by atoms with E-state index in [1.165, 1.54) is 0 Å². The van der Waals surface area contributed by atoms with Crippen molar-refractivity contribution in [1.82, 2.24) is 18.7 Å². The number of nitrogens with zero attached hydrogens (tertiary/aromatic N) is 3. The molecule has 0 radical (unpaired) electrons. The number of alkyl halides is 3. The zero-order valence-corrected chi connectivity index (χ0v) is 17.9. The van der Waals surface area contributed by atoms with Crippen LogP contribution in [0.4, 0.5) is 24.8 Å². The molecule has 0 bridgehead atoms. The first kappa shape index (κ1) is 20.5. The van der Waals surface area contributed by atoms with Gasteiger partial charge in [0.25, 0.3) is 0 Å². The summed E-state index contributed by atoms with van der Waals surface area (Å²) < 4.78 is 53.4. The first-order valence-electron chi connectivity index (χ1n) is 9.30. The van der Waals surface area contributed by atoms with Crippen LogP contribution in [0.15, 0.2) is 48.5 Å². The van der Waals surface area contributed by atoms with Gasteiger partial charge in [0.05, 0.1) is 33.3 Å². The van der Waals surface area contributed by atoms with Crippen LogP contribution in [0.2, 0.25) is 5.02 Å². The molecule has 162 valence electrons. The summed E-state index contributed by atoms with van der Waals surface area (Å²) in [4.78, 5) is 7.11. The molecule has 0 aliphatic rings. The lowest BCUT2D eigenvalue weighted by Crippen LogP contribution is -2.04. The highest BCUT2D eigenvalue weighted by atomic mass is 35.5. The molecule has 3 aromatic carbocycles. The number of imidazole rings is 1. The second-order valence-corrected chi connectivity index (χ2v) is 7.99. The molecule has 0 saturated carbocycles. The zero-order chi connectivity index (χ0) is 22.5. The predicted molar refractivity (Wildman–Crippen MR) is 118 cm³/mol. The number of nitrogens with one attached hydrogen (secondary N) is 2. The molecule has 11 heteroatoms. The van der Waals surface area contributed by atoms with E-state index in [0.29, 0.717) is 22.7 Å². The first-order chi connectivity index (χ1) is 15.3. The van der Waals surface area contributed by atoms with Crippen molar-refractivity contribution < 1.29 is 17.9 Å². The van der Waals surface area contributed by atoms with Crippen LogP contribution in [0.5, 0.6) is 11.5 Å². The Hall–Kier alpha value is -3.37. The average molecular weight is 476 g/mol. The molecular weight excluding hydrogens is 463 g/mol. The van der Waals surface area contributed by atoms with Crippen molar-refractivity contribution in [2.24, 2.45) is 0 Å². The number of halogens is 4.